The van der Waals surface area contributed by atoms with Gasteiger partial charge in [0.1, 0.15) is 0 Å². The van der Waals surface area contributed by atoms with Gasteiger partial charge in [-0.15, -0.1) is 0 Å². The summed E-state index contributed by atoms with van der Waals surface area (Å²) in [4.78, 5) is 0. The summed E-state index contributed by atoms with van der Waals surface area (Å²) >= 11 is 0. The molecule has 0 aromatic heterocycles. The van der Waals surface area contributed by atoms with Gasteiger partial charge in [0.15, 0.2) is 0 Å². The first-order valence-electron chi connectivity index (χ1n) is 7.42. The highest BCUT2D eigenvalue weighted by Crippen LogP contribution is 2.25. The molecule has 0 saturated heterocycles. The van der Waals surface area contributed by atoms with Crippen molar-refractivity contribution in [3.8, 4) is 0 Å². The number of hydrogen-bond acceptors (Lipinski definition) is 3. The molecule has 1 atom stereocenters. The number of rotatable bonds is 6. The number of hydrogen-bond donors (Lipinski definition) is 1. The van der Waals surface area contributed by atoms with Gasteiger partial charge in [-0.3, -0.25) is 0 Å². The van der Waals surface area contributed by atoms with Gasteiger partial charge in [-0.1, -0.05) is 62.4 Å². The summed E-state index contributed by atoms with van der Waals surface area (Å²) in [5.74, 6) is 0.306. The zero-order valence-electron chi connectivity index (χ0n) is 12.8. The van der Waals surface area contributed by atoms with Crippen molar-refractivity contribution in [1.29, 1.82) is 0 Å². The van der Waals surface area contributed by atoms with Gasteiger partial charge in [-0.2, -0.15) is 0 Å². The fourth-order valence-corrected chi connectivity index (χ4v) is 2.28. The van der Waals surface area contributed by atoms with E-state index in [1.54, 1.807) is 0 Å². The maximum absolute atomic E-state index is 10.1. The van der Waals surface area contributed by atoms with Crippen LogP contribution in [0.4, 0.5) is 0 Å². The first-order chi connectivity index (χ1) is 10.1. The van der Waals surface area contributed by atoms with E-state index < -0.39 is 7.12 Å². The van der Waals surface area contributed by atoms with Crippen LogP contribution in [0, 0.1) is 5.92 Å². The Labute approximate surface area is 127 Å². The SMILES string of the molecule is C=C(C1=CCC(COCc2ccccc2)OB1O)C(C)C. The lowest BCUT2D eigenvalue weighted by molar-refractivity contribution is 0.0316. The van der Waals surface area contributed by atoms with E-state index in [0.29, 0.717) is 19.1 Å². The van der Waals surface area contributed by atoms with E-state index in [1.165, 1.54) is 0 Å². The molecule has 0 bridgehead atoms. The van der Waals surface area contributed by atoms with Crippen molar-refractivity contribution in [1.82, 2.24) is 0 Å². The molecule has 1 unspecified atom stereocenters. The molecule has 1 aromatic carbocycles. The normalized spacial score (nSPS) is 18.8. The first kappa shape index (κ1) is 16.0. The third-order valence-corrected chi connectivity index (χ3v) is 3.67. The summed E-state index contributed by atoms with van der Waals surface area (Å²) in [7, 11) is -0.890. The zero-order valence-corrected chi connectivity index (χ0v) is 12.8. The van der Waals surface area contributed by atoms with Crippen molar-refractivity contribution in [3.05, 3.63) is 59.6 Å². The van der Waals surface area contributed by atoms with Gasteiger partial charge in [-0.05, 0) is 23.4 Å². The Morgan fingerprint density at radius 3 is 2.76 bits per heavy atom. The molecule has 0 radical (unpaired) electrons. The topological polar surface area (TPSA) is 38.7 Å². The summed E-state index contributed by atoms with van der Waals surface area (Å²) in [5.41, 5.74) is 2.88. The Bertz CT molecular complexity index is 496. The lowest BCUT2D eigenvalue weighted by Crippen LogP contribution is -2.35. The monoisotopic (exact) mass is 286 g/mol. The van der Waals surface area contributed by atoms with E-state index in [4.69, 9.17) is 9.39 Å². The molecule has 2 rings (SSSR count). The molecule has 0 fully saturated rings. The smallest absolute Gasteiger partial charge is 0.423 e. The van der Waals surface area contributed by atoms with Crippen molar-refractivity contribution >= 4 is 7.12 Å². The van der Waals surface area contributed by atoms with Crippen molar-refractivity contribution in [3.63, 3.8) is 0 Å². The van der Waals surface area contributed by atoms with Crippen LogP contribution in [0.3, 0.4) is 0 Å². The van der Waals surface area contributed by atoms with Gasteiger partial charge in [-0.25, -0.2) is 0 Å². The zero-order chi connectivity index (χ0) is 15.2. The molecule has 0 amide bonds. The van der Waals surface area contributed by atoms with E-state index in [2.05, 4.69) is 20.4 Å². The largest absolute Gasteiger partial charge is 0.491 e. The summed E-state index contributed by atoms with van der Waals surface area (Å²) < 4.78 is 11.3. The maximum atomic E-state index is 10.1. The quantitative estimate of drug-likeness (QED) is 0.816. The second-order valence-corrected chi connectivity index (χ2v) is 5.69. The fourth-order valence-electron chi connectivity index (χ4n) is 2.28. The third-order valence-electron chi connectivity index (χ3n) is 3.67. The number of ether oxygens (including phenoxy) is 1. The van der Waals surface area contributed by atoms with E-state index in [9.17, 15) is 5.02 Å². The van der Waals surface area contributed by atoms with Gasteiger partial charge in [0.05, 0.1) is 19.3 Å². The average Bonchev–Trinajstić information content (AvgIpc) is 2.48. The Kier molecular flexibility index (Phi) is 5.80. The highest BCUT2D eigenvalue weighted by molar-refractivity contribution is 6.54. The molecule has 1 aromatic rings. The predicted octanol–water partition coefficient (Wildman–Crippen LogP) is 3.15. The molecule has 21 heavy (non-hydrogen) atoms. The van der Waals surface area contributed by atoms with Gasteiger partial charge in [0.2, 0.25) is 0 Å². The number of allylic oxidation sites excluding steroid dienone is 2. The summed E-state index contributed by atoms with van der Waals surface area (Å²) in [6.07, 6.45) is 2.66. The third kappa shape index (κ3) is 4.56. The molecule has 4 heteroatoms. The van der Waals surface area contributed by atoms with Crippen LogP contribution in [0.5, 0.6) is 0 Å². The average molecular weight is 286 g/mol. The molecule has 3 nitrogen and oxygen atoms in total. The highest BCUT2D eigenvalue weighted by atomic mass is 16.6. The van der Waals surface area contributed by atoms with Crippen LogP contribution in [0.1, 0.15) is 25.8 Å². The molecular weight excluding hydrogens is 263 g/mol. The fraction of sp³-hybridized carbons (Fsp3) is 0.412. The standard InChI is InChI=1S/C17H23BO3/c1-13(2)14(3)17-10-9-16(21-18(17)19)12-20-11-15-7-5-4-6-8-15/h4-8,10,13,16,19H,3,9,11-12H2,1-2H3. The maximum Gasteiger partial charge on any atom is 0.491 e. The molecule has 1 aliphatic heterocycles. The van der Waals surface area contributed by atoms with Crippen LogP contribution in [0.25, 0.3) is 0 Å². The van der Waals surface area contributed by atoms with E-state index in [-0.39, 0.29) is 6.10 Å². The van der Waals surface area contributed by atoms with E-state index >= 15 is 0 Å². The summed E-state index contributed by atoms with van der Waals surface area (Å²) in [5, 5.41) is 10.1. The van der Waals surface area contributed by atoms with Crippen LogP contribution < -0.4 is 0 Å². The first-order valence-corrected chi connectivity index (χ1v) is 7.42. The lowest BCUT2D eigenvalue weighted by Gasteiger charge is -2.27. The Morgan fingerprint density at radius 1 is 1.43 bits per heavy atom. The van der Waals surface area contributed by atoms with Crippen molar-refractivity contribution < 1.29 is 14.4 Å². The number of benzene rings is 1. The minimum absolute atomic E-state index is 0.104. The minimum Gasteiger partial charge on any atom is -0.423 e. The van der Waals surface area contributed by atoms with Crippen LogP contribution in [-0.2, 0) is 16.0 Å². The summed E-state index contributed by atoms with van der Waals surface area (Å²) in [6, 6.07) is 10.0. The van der Waals surface area contributed by atoms with Crippen molar-refractivity contribution in [2.75, 3.05) is 6.61 Å². The molecule has 0 aliphatic carbocycles. The second kappa shape index (κ2) is 7.60. The van der Waals surface area contributed by atoms with Crippen LogP contribution in [0.15, 0.2) is 54.0 Å². The van der Waals surface area contributed by atoms with Gasteiger partial charge in [0.25, 0.3) is 0 Å². The molecule has 112 valence electrons. The van der Waals surface area contributed by atoms with E-state index in [0.717, 1.165) is 23.0 Å². The van der Waals surface area contributed by atoms with E-state index in [1.807, 2.05) is 36.4 Å². The Balaban J connectivity index is 1.81. The molecule has 0 saturated carbocycles. The minimum atomic E-state index is -0.890. The van der Waals surface area contributed by atoms with Crippen LogP contribution in [-0.4, -0.2) is 24.9 Å². The molecule has 1 N–H and O–H groups in total. The molecule has 1 heterocycles. The Hall–Kier alpha value is -1.36. The second-order valence-electron chi connectivity index (χ2n) is 5.69. The molecule has 1 aliphatic rings. The van der Waals surface area contributed by atoms with Crippen molar-refractivity contribution in [2.24, 2.45) is 5.92 Å². The van der Waals surface area contributed by atoms with Crippen LogP contribution in [0.2, 0.25) is 0 Å². The van der Waals surface area contributed by atoms with Crippen molar-refractivity contribution in [2.45, 2.75) is 33.0 Å². The van der Waals surface area contributed by atoms with Gasteiger partial charge < -0.3 is 14.4 Å². The predicted molar refractivity (Wildman–Crippen MR) is 85.6 cm³/mol. The van der Waals surface area contributed by atoms with Crippen LogP contribution >= 0.6 is 0 Å². The van der Waals surface area contributed by atoms with Gasteiger partial charge >= 0.3 is 7.12 Å². The Morgan fingerprint density at radius 2 is 2.14 bits per heavy atom. The molecule has 0 spiro atoms. The molecular formula is C17H23BO3. The highest BCUT2D eigenvalue weighted by Gasteiger charge is 2.30. The lowest BCUT2D eigenvalue weighted by atomic mass is 9.69. The van der Waals surface area contributed by atoms with Gasteiger partial charge in [0, 0.05) is 0 Å². The summed E-state index contributed by atoms with van der Waals surface area (Å²) in [6.45, 7) is 9.17.